The average Bonchev–Trinajstić information content (AvgIpc) is 3.33. The quantitative estimate of drug-likeness (QED) is 0.323. The Morgan fingerprint density at radius 3 is 2.54 bits per heavy atom. The number of benzene rings is 1. The van der Waals surface area contributed by atoms with Gasteiger partial charge in [0.15, 0.2) is 0 Å². The van der Waals surface area contributed by atoms with E-state index in [1.807, 2.05) is 30.3 Å². The number of anilines is 1. The molecule has 0 aliphatic heterocycles. The van der Waals surface area contributed by atoms with E-state index in [0.717, 1.165) is 5.56 Å². The predicted molar refractivity (Wildman–Crippen MR) is 128 cm³/mol. The Morgan fingerprint density at radius 1 is 1.03 bits per heavy atom. The predicted octanol–water partition coefficient (Wildman–Crippen LogP) is 4.78. The van der Waals surface area contributed by atoms with Crippen molar-refractivity contribution in [1.82, 2.24) is 15.0 Å². The normalized spacial score (nSPS) is 14.6. The molecule has 0 radical (unpaired) electrons. The van der Waals surface area contributed by atoms with Gasteiger partial charge in [0.2, 0.25) is 17.4 Å². The fraction of sp³-hybridized carbons (Fsp3) is 0.192. The largest absolute Gasteiger partial charge is 0.480 e. The highest BCUT2D eigenvalue weighted by atomic mass is 16.6. The summed E-state index contributed by atoms with van der Waals surface area (Å²) in [7, 11) is 0. The summed E-state index contributed by atoms with van der Waals surface area (Å²) in [5.41, 5.74) is 0.397. The maximum absolute atomic E-state index is 12.7. The van der Waals surface area contributed by atoms with E-state index in [9.17, 15) is 14.7 Å². The third kappa shape index (κ3) is 4.04. The first-order chi connectivity index (χ1) is 17.9. The highest BCUT2D eigenvalue weighted by molar-refractivity contribution is 5.99. The molecular weight excluding hydrogens is 480 g/mol. The van der Waals surface area contributed by atoms with Gasteiger partial charge >= 0.3 is 12.1 Å². The van der Waals surface area contributed by atoms with Gasteiger partial charge in [-0.1, -0.05) is 30.3 Å². The van der Waals surface area contributed by atoms with Crippen LogP contribution in [0.1, 0.15) is 49.0 Å². The molecule has 11 heteroatoms. The molecular formula is C26H18N4O7. The number of fused-ring (bicyclic) bond motifs is 2. The number of carbonyl (C=O) groups is 2. The van der Waals surface area contributed by atoms with Gasteiger partial charge in [-0.15, -0.1) is 0 Å². The van der Waals surface area contributed by atoms with Crippen molar-refractivity contribution in [1.29, 1.82) is 0 Å². The first-order valence-corrected chi connectivity index (χ1v) is 11.4. The van der Waals surface area contributed by atoms with Crippen LogP contribution < -0.4 is 5.32 Å². The number of rotatable bonds is 5. The van der Waals surface area contributed by atoms with Gasteiger partial charge in [0.25, 0.3) is 17.3 Å². The number of nitrogens with zero attached hydrogens (tertiary/aromatic N) is 3. The number of hydrogen-bond donors (Lipinski definition) is 2. The minimum Gasteiger partial charge on any atom is -0.480 e. The molecule has 2 N–H and O–H groups in total. The molecule has 184 valence electrons. The zero-order valence-electron chi connectivity index (χ0n) is 19.3. The lowest BCUT2D eigenvalue weighted by Crippen LogP contribution is -2.19. The highest BCUT2D eigenvalue weighted by Crippen LogP contribution is 2.48. The highest BCUT2D eigenvalue weighted by Gasteiger charge is 2.56. The van der Waals surface area contributed by atoms with Crippen molar-refractivity contribution in [2.75, 3.05) is 5.32 Å². The van der Waals surface area contributed by atoms with Crippen LogP contribution in [0.5, 0.6) is 0 Å². The topological polar surface area (TPSA) is 154 Å². The number of pyridine rings is 1. The fourth-order valence-electron chi connectivity index (χ4n) is 3.88. The molecule has 1 aliphatic carbocycles. The van der Waals surface area contributed by atoms with Gasteiger partial charge in [0.05, 0.1) is 5.39 Å². The molecule has 1 aliphatic rings. The smallest absolute Gasteiger partial charge is 0.412 e. The van der Waals surface area contributed by atoms with Crippen molar-refractivity contribution in [3.63, 3.8) is 0 Å². The number of oxazole rings is 2. The number of aromatic nitrogens is 3. The maximum atomic E-state index is 12.7. The molecule has 6 rings (SSSR count). The first-order valence-electron chi connectivity index (χ1n) is 11.4. The van der Waals surface area contributed by atoms with Crippen molar-refractivity contribution in [3.05, 3.63) is 71.8 Å². The van der Waals surface area contributed by atoms with Gasteiger partial charge in [-0.3, -0.25) is 10.1 Å². The summed E-state index contributed by atoms with van der Waals surface area (Å²) < 4.78 is 22.3. The molecule has 0 bridgehead atoms. The number of carboxylic acids is 1. The van der Waals surface area contributed by atoms with E-state index in [1.165, 1.54) is 0 Å². The van der Waals surface area contributed by atoms with E-state index in [-0.39, 0.29) is 40.4 Å². The van der Waals surface area contributed by atoms with E-state index >= 15 is 0 Å². The van der Waals surface area contributed by atoms with E-state index < -0.39 is 23.6 Å². The summed E-state index contributed by atoms with van der Waals surface area (Å²) in [5, 5.41) is 12.6. The van der Waals surface area contributed by atoms with Crippen LogP contribution in [0.3, 0.4) is 0 Å². The molecule has 4 heterocycles. The lowest BCUT2D eigenvalue weighted by molar-refractivity contribution is -0.140. The fourth-order valence-corrected chi connectivity index (χ4v) is 3.88. The molecule has 1 aromatic carbocycles. The van der Waals surface area contributed by atoms with E-state index in [4.69, 9.17) is 18.0 Å². The Bertz CT molecular complexity index is 1690. The number of ether oxygens (including phenoxy) is 1. The van der Waals surface area contributed by atoms with Gasteiger partial charge in [-0.25, -0.2) is 9.78 Å². The molecule has 1 fully saturated rings. The SMILES string of the molecule is CC(OC(=O)Nc1c(C#Cc2nc3oc(C4(C(=O)O)CC4)nc3o2)oc2ncccc12)c1ccccc1. The first kappa shape index (κ1) is 22.4. The minimum absolute atomic E-state index is 0.0207. The van der Waals surface area contributed by atoms with Gasteiger partial charge in [-0.2, -0.15) is 9.97 Å². The van der Waals surface area contributed by atoms with Crippen LogP contribution >= 0.6 is 0 Å². The van der Waals surface area contributed by atoms with Crippen LogP contribution in [0.15, 0.2) is 61.9 Å². The van der Waals surface area contributed by atoms with Gasteiger partial charge in [-0.05, 0) is 43.4 Å². The Morgan fingerprint density at radius 2 is 1.81 bits per heavy atom. The molecule has 1 unspecified atom stereocenters. The number of carbonyl (C=O) groups excluding carboxylic acids is 1. The third-order valence-electron chi connectivity index (χ3n) is 6.07. The second kappa shape index (κ2) is 8.53. The van der Waals surface area contributed by atoms with Crippen LogP contribution in [0.4, 0.5) is 10.5 Å². The Kier molecular flexibility index (Phi) is 5.15. The summed E-state index contributed by atoms with van der Waals surface area (Å²) in [6.07, 6.45) is 1.27. The summed E-state index contributed by atoms with van der Waals surface area (Å²) in [6, 6.07) is 12.8. The number of hydrogen-bond acceptors (Lipinski definition) is 9. The van der Waals surface area contributed by atoms with Crippen molar-refractivity contribution < 1.29 is 32.7 Å². The molecule has 1 saturated carbocycles. The third-order valence-corrected chi connectivity index (χ3v) is 6.07. The number of furan rings is 1. The second-order valence-electron chi connectivity index (χ2n) is 8.53. The van der Waals surface area contributed by atoms with Gasteiger partial charge in [0.1, 0.15) is 17.2 Å². The van der Waals surface area contributed by atoms with E-state index in [0.29, 0.717) is 18.2 Å². The number of amides is 1. The molecule has 0 saturated heterocycles. The molecule has 1 atom stereocenters. The molecule has 37 heavy (non-hydrogen) atoms. The zero-order valence-corrected chi connectivity index (χ0v) is 19.3. The number of nitrogens with one attached hydrogen (secondary N) is 1. The summed E-state index contributed by atoms with van der Waals surface area (Å²) in [5.74, 6) is 4.67. The van der Waals surface area contributed by atoms with Crippen molar-refractivity contribution in [2.24, 2.45) is 0 Å². The lowest BCUT2D eigenvalue weighted by Gasteiger charge is -2.13. The molecule has 5 aromatic rings. The van der Waals surface area contributed by atoms with Crippen molar-refractivity contribution in [2.45, 2.75) is 31.3 Å². The van der Waals surface area contributed by atoms with Crippen LogP contribution in [0.25, 0.3) is 22.5 Å². The molecule has 0 spiro atoms. The van der Waals surface area contributed by atoms with Crippen LogP contribution in [0, 0.1) is 11.8 Å². The van der Waals surface area contributed by atoms with Crippen molar-refractivity contribution >= 4 is 40.3 Å². The average molecular weight is 498 g/mol. The lowest BCUT2D eigenvalue weighted by atomic mass is 10.1. The van der Waals surface area contributed by atoms with Crippen LogP contribution in [0.2, 0.25) is 0 Å². The second-order valence-corrected chi connectivity index (χ2v) is 8.53. The van der Waals surface area contributed by atoms with Crippen LogP contribution in [-0.4, -0.2) is 32.1 Å². The van der Waals surface area contributed by atoms with Crippen LogP contribution in [-0.2, 0) is 14.9 Å². The number of carboxylic acid groups (broad SMARTS) is 1. The van der Waals surface area contributed by atoms with Gasteiger partial charge < -0.3 is 23.1 Å². The molecule has 4 aromatic heterocycles. The Balaban J connectivity index is 1.26. The van der Waals surface area contributed by atoms with Crippen molar-refractivity contribution in [3.8, 4) is 11.8 Å². The minimum atomic E-state index is -1.11. The summed E-state index contributed by atoms with van der Waals surface area (Å²) >= 11 is 0. The Labute approximate surface area is 208 Å². The summed E-state index contributed by atoms with van der Waals surface area (Å²) in [4.78, 5) is 36.6. The Hall–Kier alpha value is -5.11. The standard InChI is InChI=1S/C26H18N4O7/c1-14(15-6-3-2-4-7-15)34-25(33)29-19-16-8-5-13-27-20(16)35-17(19)9-10-18-28-21-22(36-18)30-23(37-21)26(11-12-26)24(31)32/h2-8,13-14H,11-12H2,1H3,(H,29,33)(H,31,32). The van der Waals surface area contributed by atoms with E-state index in [2.05, 4.69) is 32.1 Å². The zero-order chi connectivity index (χ0) is 25.6. The molecule has 1 amide bonds. The summed E-state index contributed by atoms with van der Waals surface area (Å²) in [6.45, 7) is 1.77. The van der Waals surface area contributed by atoms with E-state index in [1.54, 1.807) is 25.3 Å². The van der Waals surface area contributed by atoms with Gasteiger partial charge in [0, 0.05) is 12.1 Å². The maximum Gasteiger partial charge on any atom is 0.412 e. The molecule has 11 nitrogen and oxygen atoms in total. The monoisotopic (exact) mass is 498 g/mol. The number of aliphatic carboxylic acids is 1.